The minimum absolute atomic E-state index is 0.0143. The van der Waals surface area contributed by atoms with E-state index >= 15 is 0 Å². The van der Waals surface area contributed by atoms with Crippen molar-refractivity contribution in [1.29, 1.82) is 0 Å². The third-order valence-electron chi connectivity index (χ3n) is 3.49. The number of hydrogen-bond acceptors (Lipinski definition) is 3. The Bertz CT molecular complexity index is 724. The van der Waals surface area contributed by atoms with E-state index in [0.29, 0.717) is 28.0 Å². The molecule has 0 fully saturated rings. The van der Waals surface area contributed by atoms with Gasteiger partial charge in [-0.25, -0.2) is 0 Å². The van der Waals surface area contributed by atoms with Crippen LogP contribution >= 0.6 is 12.2 Å². The fraction of sp³-hybridized carbons (Fsp3) is 0.533. The first kappa shape index (κ1) is 15.7. The van der Waals surface area contributed by atoms with Crippen LogP contribution in [0.1, 0.15) is 45.7 Å². The van der Waals surface area contributed by atoms with E-state index in [2.05, 4.69) is 42.9 Å². The molecular weight excluding hydrogens is 284 g/mol. The third kappa shape index (κ3) is 3.50. The molecule has 0 unspecified atom stereocenters. The Balaban J connectivity index is 2.53. The largest absolute Gasteiger partial charge is 0.312 e. The number of nitrogens with one attached hydrogen (secondary N) is 2. The summed E-state index contributed by atoms with van der Waals surface area (Å²) in [5.41, 5.74) is 1.59. The molecule has 0 spiro atoms. The zero-order chi connectivity index (χ0) is 15.6. The number of hydrogen-bond donors (Lipinski definition) is 2. The van der Waals surface area contributed by atoms with E-state index in [9.17, 15) is 4.79 Å². The van der Waals surface area contributed by atoms with E-state index in [1.54, 1.807) is 0 Å². The number of aromatic nitrogens is 4. The summed E-state index contributed by atoms with van der Waals surface area (Å²) in [6.45, 7) is 9.25. The quantitative estimate of drug-likeness (QED) is 0.831. The smallest absolute Gasteiger partial charge is 0.261 e. The van der Waals surface area contributed by atoms with Crippen molar-refractivity contribution in [2.45, 2.75) is 46.6 Å². The number of pyridine rings is 1. The van der Waals surface area contributed by atoms with Crippen LogP contribution in [-0.2, 0) is 6.54 Å². The van der Waals surface area contributed by atoms with Crippen LogP contribution in [0.4, 0.5) is 0 Å². The molecule has 114 valence electrons. The van der Waals surface area contributed by atoms with Gasteiger partial charge in [-0.1, -0.05) is 27.7 Å². The van der Waals surface area contributed by atoms with Gasteiger partial charge in [0.15, 0.2) is 5.82 Å². The summed E-state index contributed by atoms with van der Waals surface area (Å²) < 4.78 is 2.22. The molecule has 0 saturated heterocycles. The lowest BCUT2D eigenvalue weighted by atomic mass is 10.1. The number of rotatable bonds is 5. The van der Waals surface area contributed by atoms with Crippen LogP contribution in [0.3, 0.4) is 0 Å². The molecule has 0 bridgehead atoms. The molecule has 0 saturated carbocycles. The van der Waals surface area contributed by atoms with E-state index in [1.807, 2.05) is 16.7 Å². The lowest BCUT2D eigenvalue weighted by molar-refractivity contribution is 0.491. The van der Waals surface area contributed by atoms with Gasteiger partial charge in [-0.3, -0.25) is 15.0 Å². The van der Waals surface area contributed by atoms with E-state index in [0.717, 1.165) is 18.7 Å². The molecule has 0 aliphatic rings. The van der Waals surface area contributed by atoms with Crippen molar-refractivity contribution in [3.05, 3.63) is 33.0 Å². The van der Waals surface area contributed by atoms with Crippen LogP contribution in [0.2, 0.25) is 0 Å². The van der Waals surface area contributed by atoms with Gasteiger partial charge in [0.2, 0.25) is 4.77 Å². The highest BCUT2D eigenvalue weighted by Gasteiger charge is 2.14. The van der Waals surface area contributed by atoms with Crippen LogP contribution in [0.15, 0.2) is 16.9 Å². The monoisotopic (exact) mass is 306 g/mol. The lowest BCUT2D eigenvalue weighted by Crippen LogP contribution is -2.26. The topological polar surface area (TPSA) is 66.5 Å². The van der Waals surface area contributed by atoms with Crippen LogP contribution in [0.25, 0.3) is 11.4 Å². The predicted molar refractivity (Wildman–Crippen MR) is 87.0 cm³/mol. The van der Waals surface area contributed by atoms with Gasteiger partial charge in [0.25, 0.3) is 5.56 Å². The van der Waals surface area contributed by atoms with Crippen molar-refractivity contribution >= 4 is 12.2 Å². The number of H-pyrrole nitrogens is 2. The summed E-state index contributed by atoms with van der Waals surface area (Å²) in [6, 6.07) is 3.83. The Labute approximate surface area is 129 Å². The van der Waals surface area contributed by atoms with Gasteiger partial charge < -0.3 is 4.57 Å². The molecule has 21 heavy (non-hydrogen) atoms. The SMILES string of the molecule is CC(C)CCn1c(C(C)C)ccc(-c2nc(=S)[nH][nH]2)c1=O. The van der Waals surface area contributed by atoms with Crippen molar-refractivity contribution < 1.29 is 0 Å². The molecule has 2 aromatic rings. The zero-order valence-electron chi connectivity index (χ0n) is 12.9. The Hall–Kier alpha value is -1.69. The summed E-state index contributed by atoms with van der Waals surface area (Å²) in [5, 5.41) is 5.58. The molecule has 0 atom stereocenters. The molecular formula is C15H22N4OS. The molecule has 0 aliphatic heterocycles. The molecule has 0 radical (unpaired) electrons. The summed E-state index contributed by atoms with van der Waals surface area (Å²) in [4.78, 5) is 16.9. The molecule has 5 nitrogen and oxygen atoms in total. The lowest BCUT2D eigenvalue weighted by Gasteiger charge is -2.17. The van der Waals surface area contributed by atoms with Crippen LogP contribution in [-0.4, -0.2) is 19.7 Å². The van der Waals surface area contributed by atoms with Gasteiger partial charge in [-0.2, -0.15) is 4.98 Å². The van der Waals surface area contributed by atoms with Gasteiger partial charge >= 0.3 is 0 Å². The Morgan fingerprint density at radius 3 is 2.48 bits per heavy atom. The van der Waals surface area contributed by atoms with Crippen molar-refractivity contribution in [2.75, 3.05) is 0 Å². The molecule has 2 heterocycles. The van der Waals surface area contributed by atoms with Gasteiger partial charge in [-0.15, -0.1) is 0 Å². The van der Waals surface area contributed by atoms with E-state index < -0.39 is 0 Å². The standard InChI is InChI=1S/C15H22N4OS/c1-9(2)7-8-19-12(10(3)4)6-5-11(14(19)20)13-16-15(21)18-17-13/h5-6,9-10H,7-8H2,1-4H3,(H2,16,17,18,21). The minimum atomic E-state index is -0.0143. The summed E-state index contributed by atoms with van der Waals surface area (Å²) in [7, 11) is 0. The number of aromatic amines is 2. The molecule has 0 aromatic carbocycles. The molecule has 6 heteroatoms. The van der Waals surface area contributed by atoms with Crippen molar-refractivity contribution in [1.82, 2.24) is 19.7 Å². The third-order valence-corrected chi connectivity index (χ3v) is 3.68. The van der Waals surface area contributed by atoms with Gasteiger partial charge in [0.05, 0.1) is 5.56 Å². The van der Waals surface area contributed by atoms with Crippen molar-refractivity contribution in [2.24, 2.45) is 5.92 Å². The fourth-order valence-electron chi connectivity index (χ4n) is 2.29. The van der Waals surface area contributed by atoms with E-state index in [4.69, 9.17) is 12.2 Å². The second kappa shape index (κ2) is 6.39. The highest BCUT2D eigenvalue weighted by molar-refractivity contribution is 7.71. The maximum atomic E-state index is 12.8. The molecule has 2 aromatic heterocycles. The maximum Gasteiger partial charge on any atom is 0.261 e. The minimum Gasteiger partial charge on any atom is -0.312 e. The second-order valence-electron chi connectivity index (χ2n) is 5.98. The molecule has 0 amide bonds. The van der Waals surface area contributed by atoms with E-state index in [-0.39, 0.29) is 5.56 Å². The first-order chi connectivity index (χ1) is 9.90. The van der Waals surface area contributed by atoms with E-state index in [1.165, 1.54) is 0 Å². The Kier molecular flexibility index (Phi) is 4.77. The zero-order valence-corrected chi connectivity index (χ0v) is 13.8. The Morgan fingerprint density at radius 1 is 1.24 bits per heavy atom. The fourth-order valence-corrected chi connectivity index (χ4v) is 2.43. The second-order valence-corrected chi connectivity index (χ2v) is 6.37. The van der Waals surface area contributed by atoms with Gasteiger partial charge in [0, 0.05) is 12.2 Å². The highest BCUT2D eigenvalue weighted by Crippen LogP contribution is 2.17. The highest BCUT2D eigenvalue weighted by atomic mass is 32.1. The predicted octanol–water partition coefficient (Wildman–Crippen LogP) is 3.47. The van der Waals surface area contributed by atoms with Crippen LogP contribution in [0.5, 0.6) is 0 Å². The first-order valence-electron chi connectivity index (χ1n) is 7.29. The summed E-state index contributed by atoms with van der Waals surface area (Å²) in [6.07, 6.45) is 0.972. The average molecular weight is 306 g/mol. The van der Waals surface area contributed by atoms with Crippen LogP contribution < -0.4 is 5.56 Å². The van der Waals surface area contributed by atoms with Crippen molar-refractivity contribution in [3.8, 4) is 11.4 Å². The number of nitrogens with zero attached hydrogens (tertiary/aromatic N) is 2. The average Bonchev–Trinajstić information content (AvgIpc) is 2.83. The molecule has 0 aliphatic carbocycles. The first-order valence-corrected chi connectivity index (χ1v) is 7.69. The maximum absolute atomic E-state index is 12.8. The van der Waals surface area contributed by atoms with Crippen LogP contribution in [0, 0.1) is 10.7 Å². The summed E-state index contributed by atoms with van der Waals surface area (Å²) >= 11 is 4.96. The molecule has 2 N–H and O–H groups in total. The normalized spacial score (nSPS) is 11.5. The van der Waals surface area contributed by atoms with Gasteiger partial charge in [-0.05, 0) is 42.6 Å². The summed E-state index contributed by atoms with van der Waals surface area (Å²) in [5.74, 6) is 1.35. The Morgan fingerprint density at radius 2 is 1.95 bits per heavy atom. The van der Waals surface area contributed by atoms with Gasteiger partial charge in [0.1, 0.15) is 0 Å². The molecule has 2 rings (SSSR count). The van der Waals surface area contributed by atoms with Crippen molar-refractivity contribution in [3.63, 3.8) is 0 Å².